The molecule has 0 saturated heterocycles. The lowest BCUT2D eigenvalue weighted by Crippen LogP contribution is -2.04. The van der Waals surface area contributed by atoms with Crippen molar-refractivity contribution in [2.24, 2.45) is 0 Å². The molecule has 0 aliphatic heterocycles. The fraction of sp³-hybridized carbons (Fsp3) is 0.125. The maximum absolute atomic E-state index is 12.1. The van der Waals surface area contributed by atoms with E-state index in [9.17, 15) is 8.42 Å². The molecule has 3 aromatic rings. The predicted molar refractivity (Wildman–Crippen MR) is 86.7 cm³/mol. The maximum Gasteiger partial charge on any atom is 0.181 e. The Morgan fingerprint density at radius 2 is 2.00 bits per heavy atom. The van der Waals surface area contributed by atoms with Crippen molar-refractivity contribution in [2.45, 2.75) is 11.3 Å². The van der Waals surface area contributed by atoms with Gasteiger partial charge in [0.25, 0.3) is 0 Å². The molecule has 2 aromatic carbocycles. The van der Waals surface area contributed by atoms with Crippen LogP contribution in [0, 0.1) is 11.3 Å². The first kappa shape index (κ1) is 15.8. The zero-order valence-electron chi connectivity index (χ0n) is 12.8. The summed E-state index contributed by atoms with van der Waals surface area (Å²) < 4.78 is 24.3. The second-order valence-corrected chi connectivity index (χ2v) is 7.29. The summed E-state index contributed by atoms with van der Waals surface area (Å²) in [5, 5.41) is 22.6. The summed E-state index contributed by atoms with van der Waals surface area (Å²) in [4.78, 5) is 0.162. The largest absolute Gasteiger partial charge is 0.239 e. The van der Waals surface area contributed by atoms with E-state index in [1.807, 2.05) is 12.1 Å². The van der Waals surface area contributed by atoms with E-state index in [1.54, 1.807) is 24.3 Å². The number of H-pyrrole nitrogens is 1. The molecule has 0 amide bonds. The number of nitrogens with one attached hydrogen (secondary N) is 1. The Morgan fingerprint density at radius 1 is 1.21 bits per heavy atom. The van der Waals surface area contributed by atoms with Crippen molar-refractivity contribution in [1.29, 1.82) is 5.26 Å². The summed E-state index contributed by atoms with van der Waals surface area (Å²) in [5.74, 6) is 0.294. The normalized spacial score (nSPS) is 11.2. The molecular weight excluding hydrogens is 326 g/mol. The van der Waals surface area contributed by atoms with Gasteiger partial charge in [0.15, 0.2) is 15.7 Å². The number of hydrogen-bond acceptors (Lipinski definition) is 6. The van der Waals surface area contributed by atoms with Gasteiger partial charge >= 0.3 is 0 Å². The lowest BCUT2D eigenvalue weighted by atomic mass is 9.98. The number of sulfone groups is 1. The van der Waals surface area contributed by atoms with Gasteiger partial charge in [-0.1, -0.05) is 24.3 Å². The van der Waals surface area contributed by atoms with Crippen molar-refractivity contribution >= 4 is 9.84 Å². The van der Waals surface area contributed by atoms with Crippen molar-refractivity contribution in [1.82, 2.24) is 20.6 Å². The average Bonchev–Trinajstić information content (AvgIpc) is 3.08. The van der Waals surface area contributed by atoms with Gasteiger partial charge in [-0.3, -0.25) is 0 Å². The number of rotatable bonds is 4. The van der Waals surface area contributed by atoms with Gasteiger partial charge in [0.05, 0.1) is 16.5 Å². The number of aromatic nitrogens is 4. The highest BCUT2D eigenvalue weighted by atomic mass is 32.2. The molecule has 1 heterocycles. The van der Waals surface area contributed by atoms with Crippen LogP contribution in [0.4, 0.5) is 0 Å². The van der Waals surface area contributed by atoms with Gasteiger partial charge < -0.3 is 0 Å². The van der Waals surface area contributed by atoms with Crippen LogP contribution in [-0.2, 0) is 16.3 Å². The number of aromatic amines is 1. The Balaban J connectivity index is 2.16. The monoisotopic (exact) mass is 339 g/mol. The minimum atomic E-state index is -3.46. The zero-order valence-corrected chi connectivity index (χ0v) is 13.6. The first-order valence-corrected chi connectivity index (χ1v) is 8.93. The second kappa shape index (κ2) is 6.22. The van der Waals surface area contributed by atoms with Crippen LogP contribution in [0.1, 0.15) is 16.7 Å². The number of benzene rings is 2. The van der Waals surface area contributed by atoms with Crippen molar-refractivity contribution in [3.63, 3.8) is 0 Å². The van der Waals surface area contributed by atoms with E-state index in [0.717, 1.165) is 17.4 Å². The summed E-state index contributed by atoms with van der Waals surface area (Å²) in [6.07, 6.45) is 1.60. The van der Waals surface area contributed by atoms with Gasteiger partial charge in [0, 0.05) is 11.8 Å². The summed E-state index contributed by atoms with van der Waals surface area (Å²) in [6.45, 7) is 0. The summed E-state index contributed by atoms with van der Waals surface area (Å²) in [6, 6.07) is 14.3. The molecule has 0 spiro atoms. The Labute approximate surface area is 138 Å². The summed E-state index contributed by atoms with van der Waals surface area (Å²) >= 11 is 0. The van der Waals surface area contributed by atoms with Gasteiger partial charge in [-0.05, 0) is 46.2 Å². The molecule has 7 nitrogen and oxygen atoms in total. The SMILES string of the molecule is CS(=O)(=O)c1cccc(Cc2cccc(C#N)c2)c1-c1nnn[nH]1. The van der Waals surface area contributed by atoms with Gasteiger partial charge in [-0.2, -0.15) is 5.26 Å². The van der Waals surface area contributed by atoms with Gasteiger partial charge in [-0.25, -0.2) is 13.5 Å². The average molecular weight is 339 g/mol. The molecule has 8 heteroatoms. The topological polar surface area (TPSA) is 112 Å². The molecule has 1 aromatic heterocycles. The fourth-order valence-electron chi connectivity index (χ4n) is 2.54. The zero-order chi connectivity index (χ0) is 17.2. The first-order valence-electron chi connectivity index (χ1n) is 7.04. The Bertz CT molecular complexity index is 1020. The van der Waals surface area contributed by atoms with Gasteiger partial charge in [-0.15, -0.1) is 5.10 Å². The van der Waals surface area contributed by atoms with E-state index >= 15 is 0 Å². The fourth-order valence-corrected chi connectivity index (χ4v) is 3.46. The minimum absolute atomic E-state index is 0.162. The molecule has 0 unspecified atom stereocenters. The summed E-state index contributed by atoms with van der Waals surface area (Å²) in [5.41, 5.74) is 2.65. The van der Waals surface area contributed by atoms with Crippen molar-refractivity contribution in [3.8, 4) is 17.5 Å². The van der Waals surface area contributed by atoms with Crippen molar-refractivity contribution in [2.75, 3.05) is 6.26 Å². The van der Waals surface area contributed by atoms with Gasteiger partial charge in [0.2, 0.25) is 0 Å². The van der Waals surface area contributed by atoms with Crippen LogP contribution in [0.25, 0.3) is 11.4 Å². The van der Waals surface area contributed by atoms with Gasteiger partial charge in [0.1, 0.15) is 0 Å². The molecule has 0 saturated carbocycles. The number of nitrogens with zero attached hydrogens (tertiary/aromatic N) is 4. The molecule has 0 aliphatic carbocycles. The highest BCUT2D eigenvalue weighted by Crippen LogP contribution is 2.29. The number of tetrazole rings is 1. The Hall–Kier alpha value is -3.05. The van der Waals surface area contributed by atoms with Crippen LogP contribution in [0.3, 0.4) is 0 Å². The Morgan fingerprint density at radius 3 is 2.67 bits per heavy atom. The smallest absolute Gasteiger partial charge is 0.181 e. The molecule has 0 radical (unpaired) electrons. The molecule has 1 N–H and O–H groups in total. The van der Waals surface area contributed by atoms with Crippen LogP contribution < -0.4 is 0 Å². The molecule has 0 atom stereocenters. The third kappa shape index (κ3) is 3.16. The first-order chi connectivity index (χ1) is 11.5. The van der Waals surface area contributed by atoms with Crippen LogP contribution >= 0.6 is 0 Å². The van der Waals surface area contributed by atoms with Crippen LogP contribution in [0.5, 0.6) is 0 Å². The van der Waals surface area contributed by atoms with E-state index in [-0.39, 0.29) is 4.90 Å². The molecule has 3 rings (SSSR count). The van der Waals surface area contributed by atoms with Crippen LogP contribution in [-0.4, -0.2) is 35.3 Å². The highest BCUT2D eigenvalue weighted by molar-refractivity contribution is 7.90. The van der Waals surface area contributed by atoms with Crippen LogP contribution in [0.2, 0.25) is 0 Å². The summed E-state index contributed by atoms with van der Waals surface area (Å²) in [7, 11) is -3.46. The van der Waals surface area contributed by atoms with E-state index in [2.05, 4.69) is 26.7 Å². The van der Waals surface area contributed by atoms with E-state index < -0.39 is 9.84 Å². The lowest BCUT2D eigenvalue weighted by molar-refractivity contribution is 0.602. The third-order valence-corrected chi connectivity index (χ3v) is 4.68. The minimum Gasteiger partial charge on any atom is -0.239 e. The quantitative estimate of drug-likeness (QED) is 0.774. The molecule has 120 valence electrons. The predicted octanol–water partition coefficient (Wildman–Crippen LogP) is 1.73. The lowest BCUT2D eigenvalue weighted by Gasteiger charge is -2.11. The third-order valence-electron chi connectivity index (χ3n) is 3.54. The standard InChI is InChI=1S/C16H13N5O2S/c1-24(22,23)14-7-3-6-13(15(14)16-18-20-21-19-16)9-11-4-2-5-12(8-11)10-17/h2-8H,9H2,1H3,(H,18,19,20,21). The number of hydrogen-bond donors (Lipinski definition) is 1. The van der Waals surface area contributed by atoms with Crippen LogP contribution in [0.15, 0.2) is 47.4 Å². The molecule has 0 fully saturated rings. The molecule has 0 bridgehead atoms. The molecule has 0 aliphatic rings. The molecular formula is C16H13N5O2S. The van der Waals surface area contributed by atoms with E-state index in [1.165, 1.54) is 6.07 Å². The van der Waals surface area contributed by atoms with Crippen molar-refractivity contribution in [3.05, 3.63) is 59.2 Å². The Kier molecular flexibility index (Phi) is 4.10. The second-order valence-electron chi connectivity index (χ2n) is 5.30. The number of nitriles is 1. The maximum atomic E-state index is 12.1. The van der Waals surface area contributed by atoms with E-state index in [4.69, 9.17) is 5.26 Å². The van der Waals surface area contributed by atoms with E-state index in [0.29, 0.717) is 23.4 Å². The van der Waals surface area contributed by atoms with Crippen molar-refractivity contribution < 1.29 is 8.42 Å². The molecule has 24 heavy (non-hydrogen) atoms. The highest BCUT2D eigenvalue weighted by Gasteiger charge is 2.20.